The monoisotopic (exact) mass is 355 g/mol. The summed E-state index contributed by atoms with van der Waals surface area (Å²) in [7, 11) is 0. The lowest BCUT2D eigenvalue weighted by Gasteiger charge is -2.39. The summed E-state index contributed by atoms with van der Waals surface area (Å²) in [5, 5.41) is 3.26. The summed E-state index contributed by atoms with van der Waals surface area (Å²) in [4.78, 5) is 17.8. The maximum atomic E-state index is 12.7. The Morgan fingerprint density at radius 3 is 2.12 bits per heavy atom. The first-order chi connectivity index (χ1) is 12.8. The smallest absolute Gasteiger partial charge is 0.251 e. The van der Waals surface area contributed by atoms with E-state index in [0.29, 0.717) is 0 Å². The van der Waals surface area contributed by atoms with Gasteiger partial charge in [-0.3, -0.25) is 9.69 Å². The molecule has 1 amide bonds. The Morgan fingerprint density at radius 2 is 1.46 bits per heavy atom. The molecule has 0 aromatic heterocycles. The van der Waals surface area contributed by atoms with Crippen molar-refractivity contribution in [1.29, 1.82) is 0 Å². The van der Waals surface area contributed by atoms with Gasteiger partial charge in [0.25, 0.3) is 5.91 Å². The Labute approximate surface area is 157 Å². The molecule has 0 atom stereocenters. The van der Waals surface area contributed by atoms with Crippen molar-refractivity contribution in [2.45, 2.75) is 63.3 Å². The predicted octanol–water partition coefficient (Wildman–Crippen LogP) is 3.82. The molecule has 1 saturated carbocycles. The van der Waals surface area contributed by atoms with E-state index in [9.17, 15) is 4.79 Å². The molecular formula is C22H33N3O. The number of amides is 1. The van der Waals surface area contributed by atoms with Crippen LogP contribution in [0.4, 0.5) is 5.69 Å². The minimum absolute atomic E-state index is 0.0840. The maximum absolute atomic E-state index is 12.7. The molecule has 1 aliphatic carbocycles. The fraction of sp³-hybridized carbons (Fsp3) is 0.682. The van der Waals surface area contributed by atoms with Crippen LogP contribution in [0.25, 0.3) is 0 Å². The molecule has 4 heteroatoms. The third-order valence-electron chi connectivity index (χ3n) is 6.74. The van der Waals surface area contributed by atoms with Crippen LogP contribution in [0.15, 0.2) is 24.3 Å². The molecule has 3 aliphatic rings. The van der Waals surface area contributed by atoms with Crippen molar-refractivity contribution in [1.82, 2.24) is 10.2 Å². The highest BCUT2D eigenvalue weighted by Crippen LogP contribution is 2.37. The van der Waals surface area contributed by atoms with Gasteiger partial charge in [-0.15, -0.1) is 0 Å². The van der Waals surface area contributed by atoms with Gasteiger partial charge in [-0.1, -0.05) is 12.8 Å². The largest absolute Gasteiger partial charge is 0.372 e. The molecule has 3 fully saturated rings. The van der Waals surface area contributed by atoms with Crippen LogP contribution in [0, 0.1) is 0 Å². The van der Waals surface area contributed by atoms with E-state index < -0.39 is 0 Å². The SMILES string of the molecule is O=C(NCC1(N2CCCC2)CCCC1)c1ccc(N2CCCCC2)cc1. The summed E-state index contributed by atoms with van der Waals surface area (Å²) in [6, 6.07) is 8.23. The Balaban J connectivity index is 1.36. The van der Waals surface area contributed by atoms with Gasteiger partial charge in [0.2, 0.25) is 0 Å². The predicted molar refractivity (Wildman–Crippen MR) is 107 cm³/mol. The van der Waals surface area contributed by atoms with Gasteiger partial charge < -0.3 is 10.2 Å². The minimum atomic E-state index is 0.0840. The molecule has 0 unspecified atom stereocenters. The average Bonchev–Trinajstić information content (AvgIpc) is 3.39. The third kappa shape index (κ3) is 3.75. The summed E-state index contributed by atoms with van der Waals surface area (Å²) in [5.41, 5.74) is 2.27. The highest BCUT2D eigenvalue weighted by molar-refractivity contribution is 5.94. The van der Waals surface area contributed by atoms with Crippen molar-refractivity contribution in [3.05, 3.63) is 29.8 Å². The lowest BCUT2D eigenvalue weighted by atomic mass is 9.95. The number of nitrogens with zero attached hydrogens (tertiary/aromatic N) is 2. The van der Waals surface area contributed by atoms with Crippen molar-refractivity contribution in [3.63, 3.8) is 0 Å². The molecule has 0 spiro atoms. The quantitative estimate of drug-likeness (QED) is 0.872. The summed E-state index contributed by atoms with van der Waals surface area (Å²) in [5.74, 6) is 0.0840. The van der Waals surface area contributed by atoms with Crippen LogP contribution in [-0.4, -0.2) is 49.1 Å². The number of hydrogen-bond donors (Lipinski definition) is 1. The average molecular weight is 356 g/mol. The van der Waals surface area contributed by atoms with Gasteiger partial charge in [0, 0.05) is 36.4 Å². The van der Waals surface area contributed by atoms with E-state index in [0.717, 1.165) is 25.2 Å². The van der Waals surface area contributed by atoms with Crippen LogP contribution in [0.2, 0.25) is 0 Å². The van der Waals surface area contributed by atoms with Gasteiger partial charge in [0.05, 0.1) is 0 Å². The number of anilines is 1. The maximum Gasteiger partial charge on any atom is 0.251 e. The van der Waals surface area contributed by atoms with Gasteiger partial charge in [0.15, 0.2) is 0 Å². The first kappa shape index (κ1) is 17.8. The van der Waals surface area contributed by atoms with E-state index in [-0.39, 0.29) is 11.4 Å². The van der Waals surface area contributed by atoms with Crippen molar-refractivity contribution in [3.8, 4) is 0 Å². The molecule has 0 bridgehead atoms. The third-order valence-corrected chi connectivity index (χ3v) is 6.74. The van der Waals surface area contributed by atoms with Crippen LogP contribution in [0.3, 0.4) is 0 Å². The highest BCUT2D eigenvalue weighted by atomic mass is 16.1. The minimum Gasteiger partial charge on any atom is -0.372 e. The van der Waals surface area contributed by atoms with E-state index >= 15 is 0 Å². The lowest BCUT2D eigenvalue weighted by molar-refractivity contribution is 0.0860. The Morgan fingerprint density at radius 1 is 0.846 bits per heavy atom. The van der Waals surface area contributed by atoms with E-state index in [1.54, 1.807) is 0 Å². The van der Waals surface area contributed by atoms with Gasteiger partial charge in [0.1, 0.15) is 0 Å². The molecule has 1 aromatic rings. The van der Waals surface area contributed by atoms with Crippen molar-refractivity contribution >= 4 is 11.6 Å². The Bertz CT molecular complexity index is 594. The Hall–Kier alpha value is -1.55. The summed E-state index contributed by atoms with van der Waals surface area (Å²) in [6.07, 6.45) is 11.6. The molecule has 2 heterocycles. The molecular weight excluding hydrogens is 322 g/mol. The molecule has 2 saturated heterocycles. The van der Waals surface area contributed by atoms with E-state index in [1.165, 1.54) is 76.6 Å². The number of nitrogens with one attached hydrogen (secondary N) is 1. The normalized spacial score (nSPS) is 23.3. The van der Waals surface area contributed by atoms with Crippen LogP contribution in [0.5, 0.6) is 0 Å². The first-order valence-corrected chi connectivity index (χ1v) is 10.7. The van der Waals surface area contributed by atoms with E-state index in [1.807, 2.05) is 12.1 Å². The second kappa shape index (κ2) is 7.99. The molecule has 1 N–H and O–H groups in total. The topological polar surface area (TPSA) is 35.6 Å². The number of benzene rings is 1. The zero-order chi connectivity index (χ0) is 17.8. The van der Waals surface area contributed by atoms with E-state index in [2.05, 4.69) is 27.2 Å². The molecule has 0 radical (unpaired) electrons. The molecule has 2 aliphatic heterocycles. The first-order valence-electron chi connectivity index (χ1n) is 10.7. The van der Waals surface area contributed by atoms with Crippen molar-refractivity contribution in [2.75, 3.05) is 37.6 Å². The second-order valence-electron chi connectivity index (χ2n) is 8.40. The number of carbonyl (C=O) groups is 1. The molecule has 4 nitrogen and oxygen atoms in total. The van der Waals surface area contributed by atoms with Crippen LogP contribution in [0.1, 0.15) is 68.1 Å². The zero-order valence-corrected chi connectivity index (χ0v) is 16.0. The second-order valence-corrected chi connectivity index (χ2v) is 8.40. The highest BCUT2D eigenvalue weighted by Gasteiger charge is 2.40. The summed E-state index contributed by atoms with van der Waals surface area (Å²) >= 11 is 0. The summed E-state index contributed by atoms with van der Waals surface area (Å²) < 4.78 is 0. The van der Waals surface area contributed by atoms with Crippen LogP contribution in [-0.2, 0) is 0 Å². The number of hydrogen-bond acceptors (Lipinski definition) is 3. The van der Waals surface area contributed by atoms with Gasteiger partial charge in [-0.2, -0.15) is 0 Å². The number of carbonyl (C=O) groups excluding carboxylic acids is 1. The van der Waals surface area contributed by atoms with Crippen LogP contribution < -0.4 is 10.2 Å². The standard InChI is InChI=1S/C22H33N3O/c26-21(19-8-10-20(11-9-19)24-14-4-1-5-15-24)23-18-22(12-2-3-13-22)25-16-6-7-17-25/h8-11H,1-7,12-18H2,(H,23,26). The fourth-order valence-electron chi connectivity index (χ4n) is 5.15. The Kier molecular flexibility index (Phi) is 5.49. The molecule has 1 aromatic carbocycles. The van der Waals surface area contributed by atoms with Gasteiger partial charge >= 0.3 is 0 Å². The van der Waals surface area contributed by atoms with Crippen molar-refractivity contribution in [2.24, 2.45) is 0 Å². The molecule has 26 heavy (non-hydrogen) atoms. The van der Waals surface area contributed by atoms with Gasteiger partial charge in [-0.25, -0.2) is 0 Å². The number of rotatable bonds is 5. The van der Waals surface area contributed by atoms with Gasteiger partial charge in [-0.05, 0) is 82.3 Å². The van der Waals surface area contributed by atoms with E-state index in [4.69, 9.17) is 0 Å². The van der Waals surface area contributed by atoms with Crippen molar-refractivity contribution < 1.29 is 4.79 Å². The zero-order valence-electron chi connectivity index (χ0n) is 16.0. The fourth-order valence-corrected chi connectivity index (χ4v) is 5.15. The molecule has 142 valence electrons. The summed E-state index contributed by atoms with van der Waals surface area (Å²) in [6.45, 7) is 5.51. The molecule has 4 rings (SSSR count). The number of likely N-dealkylation sites (tertiary alicyclic amines) is 1. The van der Waals surface area contributed by atoms with Crippen LogP contribution >= 0.6 is 0 Å². The number of piperidine rings is 1. The lowest BCUT2D eigenvalue weighted by Crippen LogP contribution is -2.53.